The molecule has 0 aliphatic heterocycles. The van der Waals surface area contributed by atoms with Gasteiger partial charge in [0.25, 0.3) is 0 Å². The van der Waals surface area contributed by atoms with E-state index in [9.17, 15) is 0 Å². The minimum Gasteiger partial charge on any atom is -0.364 e. The molecule has 1 aliphatic rings. The molecule has 2 aromatic heterocycles. The first-order valence-electron chi connectivity index (χ1n) is 6.56. The van der Waals surface area contributed by atoms with Crippen LogP contribution in [0, 0.1) is 0 Å². The zero-order valence-corrected chi connectivity index (χ0v) is 11.3. The first-order chi connectivity index (χ1) is 9.33. The van der Waals surface area contributed by atoms with Crippen molar-refractivity contribution < 1.29 is 0 Å². The molecule has 5 nitrogen and oxygen atoms in total. The molecule has 1 aliphatic carbocycles. The lowest BCUT2D eigenvalue weighted by atomic mass is 9.90. The molecule has 1 N–H and O–H groups in total. The van der Waals surface area contributed by atoms with Crippen LogP contribution in [0.1, 0.15) is 31.7 Å². The highest BCUT2D eigenvalue weighted by atomic mass is 35.5. The SMILES string of the molecule is Clc1cncc(N[C@@H]2CCCC[C@@H]2n2cccn2)n1. The van der Waals surface area contributed by atoms with E-state index >= 15 is 0 Å². The summed E-state index contributed by atoms with van der Waals surface area (Å²) in [7, 11) is 0. The smallest absolute Gasteiger partial charge is 0.149 e. The van der Waals surface area contributed by atoms with Gasteiger partial charge in [-0.15, -0.1) is 0 Å². The summed E-state index contributed by atoms with van der Waals surface area (Å²) in [6.07, 6.45) is 11.8. The fourth-order valence-electron chi connectivity index (χ4n) is 2.67. The molecular formula is C13H16ClN5. The average Bonchev–Trinajstić information content (AvgIpc) is 2.93. The summed E-state index contributed by atoms with van der Waals surface area (Å²) < 4.78 is 2.04. The van der Waals surface area contributed by atoms with Crippen molar-refractivity contribution in [2.24, 2.45) is 0 Å². The molecule has 2 heterocycles. The van der Waals surface area contributed by atoms with Crippen LogP contribution in [0.5, 0.6) is 0 Å². The molecule has 0 radical (unpaired) electrons. The topological polar surface area (TPSA) is 55.6 Å². The van der Waals surface area contributed by atoms with Crippen molar-refractivity contribution in [1.82, 2.24) is 19.7 Å². The standard InChI is InChI=1S/C13H16ClN5/c14-12-8-15-9-13(18-12)17-10-4-1-2-5-11(10)19-7-3-6-16-19/h3,6-11H,1-2,4-5H2,(H,17,18)/t10-,11+/m1/s1. The number of hydrogen-bond acceptors (Lipinski definition) is 4. The summed E-state index contributed by atoms with van der Waals surface area (Å²) in [6.45, 7) is 0. The van der Waals surface area contributed by atoms with E-state index in [1.165, 1.54) is 12.8 Å². The van der Waals surface area contributed by atoms with Crippen molar-refractivity contribution in [3.05, 3.63) is 36.0 Å². The van der Waals surface area contributed by atoms with Gasteiger partial charge in [0.2, 0.25) is 0 Å². The van der Waals surface area contributed by atoms with Crippen LogP contribution in [0.3, 0.4) is 0 Å². The minimum atomic E-state index is 0.321. The number of nitrogens with one attached hydrogen (secondary N) is 1. The van der Waals surface area contributed by atoms with E-state index in [1.807, 2.05) is 23.1 Å². The van der Waals surface area contributed by atoms with Gasteiger partial charge in [-0.05, 0) is 18.9 Å². The van der Waals surface area contributed by atoms with Gasteiger partial charge in [-0.25, -0.2) is 4.98 Å². The van der Waals surface area contributed by atoms with Gasteiger partial charge in [0.05, 0.1) is 24.5 Å². The van der Waals surface area contributed by atoms with E-state index in [0.29, 0.717) is 17.2 Å². The van der Waals surface area contributed by atoms with Gasteiger partial charge in [-0.2, -0.15) is 5.10 Å². The van der Waals surface area contributed by atoms with Gasteiger partial charge >= 0.3 is 0 Å². The Labute approximate surface area is 117 Å². The van der Waals surface area contributed by atoms with E-state index in [0.717, 1.165) is 18.7 Å². The molecule has 0 amide bonds. The van der Waals surface area contributed by atoms with Crippen LogP contribution in [0.2, 0.25) is 5.15 Å². The van der Waals surface area contributed by atoms with Crippen molar-refractivity contribution in [2.75, 3.05) is 5.32 Å². The second-order valence-electron chi connectivity index (χ2n) is 4.82. The third-order valence-electron chi connectivity index (χ3n) is 3.53. The van der Waals surface area contributed by atoms with Crippen molar-refractivity contribution in [3.8, 4) is 0 Å². The summed E-state index contributed by atoms with van der Waals surface area (Å²) in [6, 6.07) is 2.65. The number of hydrogen-bond donors (Lipinski definition) is 1. The quantitative estimate of drug-likeness (QED) is 0.937. The molecule has 100 valence electrons. The van der Waals surface area contributed by atoms with Crippen LogP contribution in [-0.4, -0.2) is 25.8 Å². The van der Waals surface area contributed by atoms with E-state index in [4.69, 9.17) is 11.6 Å². The second-order valence-corrected chi connectivity index (χ2v) is 5.20. The Hall–Kier alpha value is -1.62. The van der Waals surface area contributed by atoms with Gasteiger partial charge in [0, 0.05) is 12.4 Å². The predicted molar refractivity (Wildman–Crippen MR) is 74.2 cm³/mol. The molecule has 2 atom stereocenters. The van der Waals surface area contributed by atoms with E-state index < -0.39 is 0 Å². The second kappa shape index (κ2) is 5.57. The van der Waals surface area contributed by atoms with Gasteiger partial charge in [-0.3, -0.25) is 9.67 Å². The van der Waals surface area contributed by atoms with E-state index in [-0.39, 0.29) is 0 Å². The van der Waals surface area contributed by atoms with Crippen LogP contribution in [0.4, 0.5) is 5.82 Å². The van der Waals surface area contributed by atoms with Crippen molar-refractivity contribution >= 4 is 17.4 Å². The average molecular weight is 278 g/mol. The van der Waals surface area contributed by atoms with Gasteiger partial charge < -0.3 is 5.32 Å². The lowest BCUT2D eigenvalue weighted by Gasteiger charge is -2.32. The fourth-order valence-corrected chi connectivity index (χ4v) is 2.82. The third kappa shape index (κ3) is 2.87. The summed E-state index contributed by atoms with van der Waals surface area (Å²) in [5, 5.41) is 8.22. The first kappa shape index (κ1) is 12.4. The fraction of sp³-hybridized carbons (Fsp3) is 0.462. The molecule has 19 heavy (non-hydrogen) atoms. The maximum absolute atomic E-state index is 5.87. The minimum absolute atomic E-state index is 0.321. The molecule has 0 aromatic carbocycles. The Bertz CT molecular complexity index is 528. The molecule has 0 spiro atoms. The highest BCUT2D eigenvalue weighted by Crippen LogP contribution is 2.30. The monoisotopic (exact) mass is 277 g/mol. The maximum Gasteiger partial charge on any atom is 0.149 e. The van der Waals surface area contributed by atoms with Crippen molar-refractivity contribution in [2.45, 2.75) is 37.8 Å². The van der Waals surface area contributed by atoms with Crippen molar-refractivity contribution in [1.29, 1.82) is 0 Å². The third-order valence-corrected chi connectivity index (χ3v) is 3.71. The van der Waals surface area contributed by atoms with Crippen molar-refractivity contribution in [3.63, 3.8) is 0 Å². The lowest BCUT2D eigenvalue weighted by molar-refractivity contribution is 0.301. The number of anilines is 1. The van der Waals surface area contributed by atoms with Crippen LogP contribution < -0.4 is 5.32 Å². The van der Waals surface area contributed by atoms with E-state index in [2.05, 4.69) is 20.4 Å². The van der Waals surface area contributed by atoms with Crippen LogP contribution in [0.15, 0.2) is 30.9 Å². The van der Waals surface area contributed by atoms with Crippen LogP contribution in [-0.2, 0) is 0 Å². The largest absolute Gasteiger partial charge is 0.364 e. The Kier molecular flexibility index (Phi) is 3.64. The summed E-state index contributed by atoms with van der Waals surface area (Å²) >= 11 is 5.87. The van der Waals surface area contributed by atoms with Crippen LogP contribution >= 0.6 is 11.6 Å². The molecule has 0 bridgehead atoms. The molecule has 0 saturated heterocycles. The predicted octanol–water partition coefficient (Wildman–Crippen LogP) is 2.92. The zero-order chi connectivity index (χ0) is 13.1. The number of halogens is 1. The Morgan fingerprint density at radius 3 is 2.95 bits per heavy atom. The Morgan fingerprint density at radius 2 is 2.16 bits per heavy atom. The number of nitrogens with zero attached hydrogens (tertiary/aromatic N) is 4. The molecule has 6 heteroatoms. The summed E-state index contributed by atoms with van der Waals surface area (Å²) in [4.78, 5) is 8.30. The molecule has 2 aromatic rings. The van der Waals surface area contributed by atoms with Crippen LogP contribution in [0.25, 0.3) is 0 Å². The Morgan fingerprint density at radius 1 is 1.26 bits per heavy atom. The first-order valence-corrected chi connectivity index (χ1v) is 6.94. The molecule has 1 fully saturated rings. The van der Waals surface area contributed by atoms with Gasteiger partial charge in [0.15, 0.2) is 0 Å². The van der Waals surface area contributed by atoms with Gasteiger partial charge in [0.1, 0.15) is 11.0 Å². The Balaban J connectivity index is 1.77. The zero-order valence-electron chi connectivity index (χ0n) is 10.5. The van der Waals surface area contributed by atoms with E-state index in [1.54, 1.807) is 12.4 Å². The number of aromatic nitrogens is 4. The molecule has 1 saturated carbocycles. The molecule has 0 unspecified atom stereocenters. The van der Waals surface area contributed by atoms with Gasteiger partial charge in [-0.1, -0.05) is 24.4 Å². The highest BCUT2D eigenvalue weighted by molar-refractivity contribution is 6.29. The lowest BCUT2D eigenvalue weighted by Crippen LogP contribution is -2.34. The maximum atomic E-state index is 5.87. The number of rotatable bonds is 3. The highest BCUT2D eigenvalue weighted by Gasteiger charge is 2.27. The summed E-state index contributed by atoms with van der Waals surface area (Å²) in [5.41, 5.74) is 0. The molecule has 3 rings (SSSR count). The summed E-state index contributed by atoms with van der Waals surface area (Å²) in [5.74, 6) is 0.733. The normalized spacial score (nSPS) is 23.2. The molecular weight excluding hydrogens is 262 g/mol.